The summed E-state index contributed by atoms with van der Waals surface area (Å²) in [5.74, 6) is 0. The molecule has 0 aromatic rings. The molecule has 0 atom stereocenters. The van der Waals surface area contributed by atoms with Crippen LogP contribution in [0.15, 0.2) is 16.2 Å². The molecule has 0 saturated carbocycles. The molecule has 1 aliphatic rings. The minimum Gasteiger partial charge on any atom is -0.313 e. The van der Waals surface area contributed by atoms with Crippen molar-refractivity contribution in [1.29, 1.82) is 0 Å². The maximum Gasteiger partial charge on any atom is 0.0603 e. The molecule has 2 nitrogen and oxygen atoms in total. The van der Waals surface area contributed by atoms with Crippen molar-refractivity contribution >= 4 is 5.71 Å². The van der Waals surface area contributed by atoms with Gasteiger partial charge in [0.1, 0.15) is 0 Å². The number of hydrogen-bond acceptors (Lipinski definition) is 2. The average molecular weight is 182 g/mol. The fraction of sp³-hybridized carbons (Fsp3) is 0.727. The van der Waals surface area contributed by atoms with Crippen LogP contribution in [0, 0.1) is 0 Å². The van der Waals surface area contributed by atoms with Gasteiger partial charge < -0.3 is 5.43 Å². The van der Waals surface area contributed by atoms with Crippen LogP contribution in [0.25, 0.3) is 0 Å². The van der Waals surface area contributed by atoms with E-state index in [0.717, 1.165) is 5.71 Å². The van der Waals surface area contributed by atoms with E-state index in [2.05, 4.69) is 24.4 Å². The highest BCUT2D eigenvalue weighted by molar-refractivity contribution is 5.99. The summed E-state index contributed by atoms with van der Waals surface area (Å²) in [7, 11) is 1.84. The van der Waals surface area contributed by atoms with Crippen molar-refractivity contribution in [2.24, 2.45) is 5.10 Å². The van der Waals surface area contributed by atoms with Crippen LogP contribution in [0.3, 0.4) is 0 Å². The van der Waals surface area contributed by atoms with Crippen LogP contribution < -0.4 is 5.43 Å². The monoisotopic (exact) mass is 182 g/mol. The van der Waals surface area contributed by atoms with Crippen molar-refractivity contribution < 1.29 is 0 Å². The molecule has 0 aromatic heterocycles. The number of allylic oxidation sites excluding steroid dienone is 2. The van der Waals surface area contributed by atoms with Gasteiger partial charge in [-0.25, -0.2) is 0 Å². The molecule has 1 aliphatic carbocycles. The van der Waals surface area contributed by atoms with Gasteiger partial charge in [0, 0.05) is 7.05 Å². The van der Waals surface area contributed by atoms with Gasteiger partial charge >= 0.3 is 0 Å². The van der Waals surface area contributed by atoms with Gasteiger partial charge in [-0.3, -0.25) is 0 Å². The highest BCUT2D eigenvalue weighted by atomic mass is 15.3. The minimum atomic E-state index is 1.16. The van der Waals surface area contributed by atoms with E-state index in [1.54, 1.807) is 0 Å². The second-order valence-corrected chi connectivity index (χ2v) is 3.03. The summed E-state index contributed by atoms with van der Waals surface area (Å²) in [6.45, 7) is 8.28. The Labute approximate surface area is 82.1 Å². The van der Waals surface area contributed by atoms with Crippen molar-refractivity contribution in [1.82, 2.24) is 5.43 Å². The molecule has 0 aliphatic heterocycles. The first kappa shape index (κ1) is 12.2. The van der Waals surface area contributed by atoms with Crippen molar-refractivity contribution in [3.8, 4) is 0 Å². The van der Waals surface area contributed by atoms with Gasteiger partial charge in [-0.15, -0.1) is 0 Å². The summed E-state index contributed by atoms with van der Waals surface area (Å²) in [4.78, 5) is 0. The van der Waals surface area contributed by atoms with E-state index < -0.39 is 0 Å². The molecule has 0 radical (unpaired) electrons. The summed E-state index contributed by atoms with van der Waals surface area (Å²) in [5, 5.41) is 4.17. The summed E-state index contributed by atoms with van der Waals surface area (Å²) in [6.07, 6.45) is 3.77. The molecule has 2 heteroatoms. The molecule has 0 amide bonds. The molecule has 0 heterocycles. The zero-order chi connectivity index (χ0) is 10.3. The SMILES string of the molecule is CC.CN/N=C(/C)C1=C(C)CCC1. The number of rotatable bonds is 2. The Morgan fingerprint density at radius 2 is 1.92 bits per heavy atom. The van der Waals surface area contributed by atoms with E-state index in [1.165, 1.54) is 30.4 Å². The normalized spacial score (nSPS) is 16.8. The fourth-order valence-corrected chi connectivity index (χ4v) is 1.62. The van der Waals surface area contributed by atoms with Gasteiger partial charge in [0.15, 0.2) is 0 Å². The maximum atomic E-state index is 4.17. The molecule has 76 valence electrons. The van der Waals surface area contributed by atoms with Crippen LogP contribution in [-0.4, -0.2) is 12.8 Å². The van der Waals surface area contributed by atoms with E-state index in [1.807, 2.05) is 20.9 Å². The Hall–Kier alpha value is -0.790. The molecule has 0 fully saturated rings. The largest absolute Gasteiger partial charge is 0.313 e. The van der Waals surface area contributed by atoms with E-state index >= 15 is 0 Å². The summed E-state index contributed by atoms with van der Waals surface area (Å²) < 4.78 is 0. The molecular weight excluding hydrogens is 160 g/mol. The first-order valence-electron chi connectivity index (χ1n) is 5.15. The Kier molecular flexibility index (Phi) is 6.29. The predicted octanol–water partition coefficient (Wildman–Crippen LogP) is 3.11. The van der Waals surface area contributed by atoms with Crippen molar-refractivity contribution in [2.75, 3.05) is 7.05 Å². The third-order valence-corrected chi connectivity index (χ3v) is 2.21. The topological polar surface area (TPSA) is 24.4 Å². The lowest BCUT2D eigenvalue weighted by Crippen LogP contribution is -2.04. The van der Waals surface area contributed by atoms with Gasteiger partial charge in [0.05, 0.1) is 5.71 Å². The Morgan fingerprint density at radius 1 is 1.31 bits per heavy atom. The van der Waals surface area contributed by atoms with Gasteiger partial charge in [-0.1, -0.05) is 19.4 Å². The predicted molar refractivity (Wildman–Crippen MR) is 60.1 cm³/mol. The van der Waals surface area contributed by atoms with E-state index in [-0.39, 0.29) is 0 Å². The number of hydrogen-bond donors (Lipinski definition) is 1. The second kappa shape index (κ2) is 6.70. The van der Waals surface area contributed by atoms with Crippen LogP contribution in [-0.2, 0) is 0 Å². The van der Waals surface area contributed by atoms with E-state index in [0.29, 0.717) is 0 Å². The molecule has 0 aromatic carbocycles. The third-order valence-electron chi connectivity index (χ3n) is 2.21. The molecule has 0 spiro atoms. The van der Waals surface area contributed by atoms with Gasteiger partial charge in [-0.05, 0) is 38.7 Å². The van der Waals surface area contributed by atoms with Crippen LogP contribution in [0.1, 0.15) is 47.0 Å². The first-order valence-corrected chi connectivity index (χ1v) is 5.15. The second-order valence-electron chi connectivity index (χ2n) is 3.03. The van der Waals surface area contributed by atoms with Crippen LogP contribution >= 0.6 is 0 Å². The van der Waals surface area contributed by atoms with Gasteiger partial charge in [0.25, 0.3) is 0 Å². The lowest BCUT2D eigenvalue weighted by molar-refractivity contribution is 0.884. The summed E-state index contributed by atoms with van der Waals surface area (Å²) in [5.41, 5.74) is 6.95. The zero-order valence-corrected chi connectivity index (χ0v) is 9.57. The third kappa shape index (κ3) is 3.62. The maximum absolute atomic E-state index is 4.17. The fourth-order valence-electron chi connectivity index (χ4n) is 1.62. The number of hydrazone groups is 1. The quantitative estimate of drug-likeness (QED) is 0.515. The Balaban J connectivity index is 0.000000671. The molecule has 0 bridgehead atoms. The highest BCUT2D eigenvalue weighted by Gasteiger charge is 2.12. The van der Waals surface area contributed by atoms with E-state index in [9.17, 15) is 0 Å². The van der Waals surface area contributed by atoms with Gasteiger partial charge in [0.2, 0.25) is 0 Å². The Morgan fingerprint density at radius 3 is 2.31 bits per heavy atom. The Bertz CT molecular complexity index is 202. The molecular formula is C11H22N2. The number of nitrogens with zero attached hydrogens (tertiary/aromatic N) is 1. The van der Waals surface area contributed by atoms with Crippen molar-refractivity contribution in [2.45, 2.75) is 47.0 Å². The zero-order valence-electron chi connectivity index (χ0n) is 9.57. The highest BCUT2D eigenvalue weighted by Crippen LogP contribution is 2.26. The minimum absolute atomic E-state index is 1.16. The molecule has 1 rings (SSSR count). The van der Waals surface area contributed by atoms with Crippen molar-refractivity contribution in [3.05, 3.63) is 11.1 Å². The number of nitrogens with one attached hydrogen (secondary N) is 1. The lowest BCUT2D eigenvalue weighted by atomic mass is 10.1. The molecule has 0 unspecified atom stereocenters. The lowest BCUT2D eigenvalue weighted by Gasteiger charge is -2.01. The summed E-state index contributed by atoms with van der Waals surface area (Å²) >= 11 is 0. The average Bonchev–Trinajstić information content (AvgIpc) is 2.55. The van der Waals surface area contributed by atoms with Crippen molar-refractivity contribution in [3.63, 3.8) is 0 Å². The van der Waals surface area contributed by atoms with Crippen LogP contribution in [0.4, 0.5) is 0 Å². The van der Waals surface area contributed by atoms with Crippen LogP contribution in [0.2, 0.25) is 0 Å². The first-order chi connectivity index (χ1) is 6.25. The molecule has 1 N–H and O–H groups in total. The van der Waals surface area contributed by atoms with Crippen LogP contribution in [0.5, 0.6) is 0 Å². The smallest absolute Gasteiger partial charge is 0.0603 e. The summed E-state index contributed by atoms with van der Waals surface area (Å²) in [6, 6.07) is 0. The molecule has 13 heavy (non-hydrogen) atoms. The standard InChI is InChI=1S/C9H16N2.C2H6/c1-7-5-4-6-9(7)8(2)11-10-3;1-2/h10H,4-6H2,1-3H3;1-2H3/b11-8-;. The van der Waals surface area contributed by atoms with E-state index in [4.69, 9.17) is 0 Å². The molecule has 0 saturated heterocycles. The van der Waals surface area contributed by atoms with Gasteiger partial charge in [-0.2, -0.15) is 5.10 Å².